The normalized spacial score (nSPS) is 16.2. The van der Waals surface area contributed by atoms with E-state index in [-0.39, 0.29) is 10.8 Å². The number of benzene rings is 3. The molecule has 10 heteroatoms. The number of carbonyl (C=O) groups excluding carboxylic acids is 2. The number of non-ortho nitro benzene ring substituents is 1. The molecule has 164 valence electrons. The number of nitrogens with zero attached hydrogens (tertiary/aromatic N) is 3. The Balaban J connectivity index is 1.45. The number of carbonyl (C=O) groups is 2. The summed E-state index contributed by atoms with van der Waals surface area (Å²) < 4.78 is 0. The highest BCUT2D eigenvalue weighted by Crippen LogP contribution is 2.30. The number of hydrogen-bond donors (Lipinski definition) is 1. The molecule has 33 heavy (non-hydrogen) atoms. The summed E-state index contributed by atoms with van der Waals surface area (Å²) in [7, 11) is 0. The quantitative estimate of drug-likeness (QED) is 0.184. The lowest BCUT2D eigenvalue weighted by molar-refractivity contribution is -0.384. The van der Waals surface area contributed by atoms with Crippen LogP contribution in [0.25, 0.3) is 0 Å². The predicted molar refractivity (Wildman–Crippen MR) is 130 cm³/mol. The number of aliphatic imine (C=N–C) groups is 1. The molecule has 0 radical (unpaired) electrons. The van der Waals surface area contributed by atoms with Crippen LogP contribution in [0.3, 0.4) is 0 Å². The zero-order valence-electron chi connectivity index (χ0n) is 17.0. The van der Waals surface area contributed by atoms with Gasteiger partial charge < -0.3 is 5.32 Å². The van der Waals surface area contributed by atoms with Gasteiger partial charge in [0.05, 0.1) is 16.3 Å². The van der Waals surface area contributed by atoms with Gasteiger partial charge in [0.15, 0.2) is 11.0 Å². The van der Waals surface area contributed by atoms with Gasteiger partial charge in [-0.1, -0.05) is 30.0 Å². The van der Waals surface area contributed by atoms with E-state index in [4.69, 9.17) is 12.2 Å². The number of nitro groups is 1. The first-order valence-electron chi connectivity index (χ1n) is 9.73. The van der Waals surface area contributed by atoms with Crippen LogP contribution >= 0.6 is 24.0 Å². The Morgan fingerprint density at radius 3 is 2.18 bits per heavy atom. The Morgan fingerprint density at radius 2 is 1.58 bits per heavy atom. The minimum absolute atomic E-state index is 0.0356. The van der Waals surface area contributed by atoms with Gasteiger partial charge in [0.25, 0.3) is 11.6 Å². The summed E-state index contributed by atoms with van der Waals surface area (Å²) in [5, 5.41) is 13.3. The maximum Gasteiger partial charge on any atom is 0.269 e. The van der Waals surface area contributed by atoms with E-state index >= 15 is 0 Å². The van der Waals surface area contributed by atoms with Gasteiger partial charge in [-0.25, -0.2) is 0 Å². The molecule has 1 heterocycles. The second-order valence-corrected chi connectivity index (χ2v) is 8.44. The first kappa shape index (κ1) is 22.3. The molecular weight excluding hydrogens is 460 g/mol. The van der Waals surface area contributed by atoms with Crippen molar-refractivity contribution in [2.45, 2.75) is 9.79 Å². The molecule has 0 bridgehead atoms. The third kappa shape index (κ3) is 5.13. The Kier molecular flexibility index (Phi) is 6.57. The van der Waals surface area contributed by atoms with Crippen LogP contribution in [0.4, 0.5) is 17.1 Å². The van der Waals surface area contributed by atoms with Gasteiger partial charge >= 0.3 is 0 Å². The van der Waals surface area contributed by atoms with E-state index in [1.807, 2.05) is 18.2 Å². The number of thiocarbonyl (C=S) groups is 1. The third-order valence-electron chi connectivity index (χ3n) is 4.71. The van der Waals surface area contributed by atoms with Crippen LogP contribution in [0.15, 0.2) is 93.6 Å². The molecule has 8 nitrogen and oxygen atoms in total. The van der Waals surface area contributed by atoms with Crippen molar-refractivity contribution in [1.29, 1.82) is 0 Å². The van der Waals surface area contributed by atoms with E-state index in [1.54, 1.807) is 48.5 Å². The van der Waals surface area contributed by atoms with E-state index in [2.05, 4.69) is 10.3 Å². The van der Waals surface area contributed by atoms with Gasteiger partial charge in [-0.3, -0.25) is 29.6 Å². The average Bonchev–Trinajstić information content (AvgIpc) is 2.81. The Hall–Kier alpha value is -3.89. The number of amides is 2. The Morgan fingerprint density at radius 1 is 0.970 bits per heavy atom. The number of anilines is 1. The highest BCUT2D eigenvalue weighted by Gasteiger charge is 2.38. The molecule has 1 saturated heterocycles. The molecule has 0 spiro atoms. The lowest BCUT2D eigenvalue weighted by Gasteiger charge is -2.30. The zero-order chi connectivity index (χ0) is 23.4. The highest BCUT2D eigenvalue weighted by molar-refractivity contribution is 7.99. The summed E-state index contributed by atoms with van der Waals surface area (Å²) in [6.07, 6.45) is 1.31. The van der Waals surface area contributed by atoms with Crippen molar-refractivity contribution in [1.82, 2.24) is 5.32 Å². The van der Waals surface area contributed by atoms with Crippen LogP contribution in [0.2, 0.25) is 0 Å². The molecule has 3 aromatic rings. The summed E-state index contributed by atoms with van der Waals surface area (Å²) in [6.45, 7) is 0. The molecule has 3 aromatic carbocycles. The number of para-hydroxylation sites is 1. The van der Waals surface area contributed by atoms with Gasteiger partial charge in [-0.15, -0.1) is 0 Å². The number of rotatable bonds is 6. The van der Waals surface area contributed by atoms with Crippen molar-refractivity contribution >= 4 is 64.2 Å². The topological polar surface area (TPSA) is 105 Å². The molecular formula is C23H16N4O4S2. The van der Waals surface area contributed by atoms with Gasteiger partial charge in [0, 0.05) is 28.1 Å². The van der Waals surface area contributed by atoms with Crippen LogP contribution in [0.5, 0.6) is 0 Å². The molecule has 1 aliphatic heterocycles. The van der Waals surface area contributed by atoms with E-state index in [0.717, 1.165) is 9.79 Å². The molecule has 0 aliphatic carbocycles. The van der Waals surface area contributed by atoms with Gasteiger partial charge in [-0.05, 0) is 60.7 Å². The minimum Gasteiger partial charge on any atom is -0.301 e. The molecule has 0 aromatic heterocycles. The fraction of sp³-hybridized carbons (Fsp3) is 0.0435. The molecule has 2 amide bonds. The monoisotopic (exact) mass is 476 g/mol. The van der Waals surface area contributed by atoms with Crippen LogP contribution in [0.1, 0.15) is 0 Å². The van der Waals surface area contributed by atoms with Crippen molar-refractivity contribution in [2.24, 2.45) is 10.9 Å². The maximum atomic E-state index is 12.9. The summed E-state index contributed by atoms with van der Waals surface area (Å²) >= 11 is 6.62. The first-order valence-corrected chi connectivity index (χ1v) is 11.0. The second kappa shape index (κ2) is 9.72. The van der Waals surface area contributed by atoms with Gasteiger partial charge in [0.2, 0.25) is 5.91 Å². The lowest BCUT2D eigenvalue weighted by atomic mass is 10.1. The van der Waals surface area contributed by atoms with Gasteiger partial charge in [-0.2, -0.15) is 0 Å². The minimum atomic E-state index is -1.11. The van der Waals surface area contributed by atoms with Crippen molar-refractivity contribution in [3.63, 3.8) is 0 Å². The molecule has 0 saturated carbocycles. The largest absolute Gasteiger partial charge is 0.301 e. The standard InChI is InChI=1S/C23H16N4O4S2/c28-21-20(22(29)26(23(32)25-21)16-4-2-1-3-5-16)14-24-15-6-10-18(11-7-15)33-19-12-8-17(9-13-19)27(30)31/h1-14,20H,(H,25,28,32)/t20-/m1/s1. The van der Waals surface area contributed by atoms with Crippen molar-refractivity contribution in [3.05, 3.63) is 89.0 Å². The first-order chi connectivity index (χ1) is 15.9. The van der Waals surface area contributed by atoms with Gasteiger partial charge in [0.1, 0.15) is 0 Å². The second-order valence-electron chi connectivity index (χ2n) is 6.91. The SMILES string of the molecule is O=C1NC(=S)N(c2ccccc2)C(=O)[C@@H]1C=Nc1ccc(Sc2ccc([N+](=O)[O-])cc2)cc1. The predicted octanol–water partition coefficient (Wildman–Crippen LogP) is 4.51. The summed E-state index contributed by atoms with van der Waals surface area (Å²) in [4.78, 5) is 43.0. The Bertz CT molecular complexity index is 1250. The highest BCUT2D eigenvalue weighted by atomic mass is 32.2. The van der Waals surface area contributed by atoms with Crippen molar-refractivity contribution in [2.75, 3.05) is 4.90 Å². The van der Waals surface area contributed by atoms with E-state index in [0.29, 0.717) is 11.4 Å². The summed E-state index contributed by atoms with van der Waals surface area (Å²) in [5.41, 5.74) is 1.18. The molecule has 1 fully saturated rings. The lowest BCUT2D eigenvalue weighted by Crippen LogP contribution is -2.58. The molecule has 1 aliphatic rings. The van der Waals surface area contributed by atoms with Crippen LogP contribution < -0.4 is 10.2 Å². The maximum absolute atomic E-state index is 12.9. The Labute approximate surface area is 198 Å². The van der Waals surface area contributed by atoms with E-state index in [9.17, 15) is 19.7 Å². The molecule has 0 unspecified atom stereocenters. The zero-order valence-corrected chi connectivity index (χ0v) is 18.6. The van der Waals surface area contributed by atoms with Crippen molar-refractivity contribution < 1.29 is 14.5 Å². The van der Waals surface area contributed by atoms with Crippen LogP contribution in [0, 0.1) is 16.0 Å². The fourth-order valence-corrected chi connectivity index (χ4v) is 4.19. The number of nitrogens with one attached hydrogen (secondary N) is 1. The average molecular weight is 477 g/mol. The molecule has 1 N–H and O–H groups in total. The fourth-order valence-electron chi connectivity index (χ4n) is 3.08. The number of hydrogen-bond acceptors (Lipinski definition) is 7. The van der Waals surface area contributed by atoms with Crippen LogP contribution in [-0.2, 0) is 9.59 Å². The number of nitro benzene ring substituents is 1. The third-order valence-corrected chi connectivity index (χ3v) is 6.01. The molecule has 1 atom stereocenters. The summed E-state index contributed by atoms with van der Waals surface area (Å²) in [6, 6.07) is 22.3. The smallest absolute Gasteiger partial charge is 0.269 e. The van der Waals surface area contributed by atoms with E-state index < -0.39 is 22.7 Å². The van der Waals surface area contributed by atoms with Crippen LogP contribution in [-0.4, -0.2) is 28.1 Å². The summed E-state index contributed by atoms with van der Waals surface area (Å²) in [5.74, 6) is -2.10. The van der Waals surface area contributed by atoms with E-state index in [1.165, 1.54) is 35.0 Å². The van der Waals surface area contributed by atoms with Crippen molar-refractivity contribution in [3.8, 4) is 0 Å². The molecule has 4 rings (SSSR count).